The first-order valence-electron chi connectivity index (χ1n) is 8.78. The monoisotopic (exact) mass is 366 g/mol. The molecular formula is C18H26N2O2S2. The van der Waals surface area contributed by atoms with E-state index in [4.69, 9.17) is 17.0 Å². The third-order valence-electron chi connectivity index (χ3n) is 4.94. The van der Waals surface area contributed by atoms with Gasteiger partial charge in [-0.25, -0.2) is 4.79 Å². The molecule has 132 valence electrons. The minimum Gasteiger partial charge on any atom is -0.465 e. The van der Waals surface area contributed by atoms with E-state index in [9.17, 15) is 4.79 Å². The Morgan fingerprint density at radius 2 is 1.92 bits per heavy atom. The highest BCUT2D eigenvalue weighted by Gasteiger charge is 2.28. The molecule has 1 saturated heterocycles. The molecule has 24 heavy (non-hydrogen) atoms. The number of anilines is 1. The number of methoxy groups -OCH3 is 1. The van der Waals surface area contributed by atoms with Gasteiger partial charge in [-0.15, -0.1) is 11.3 Å². The summed E-state index contributed by atoms with van der Waals surface area (Å²) in [6, 6.07) is 0. The number of fused-ring (bicyclic) bond motifs is 1. The Morgan fingerprint density at radius 3 is 2.58 bits per heavy atom. The zero-order chi connectivity index (χ0) is 17.3. The average molecular weight is 367 g/mol. The highest BCUT2D eigenvalue weighted by atomic mass is 32.1. The van der Waals surface area contributed by atoms with Crippen LogP contribution in [0.3, 0.4) is 0 Å². The largest absolute Gasteiger partial charge is 0.465 e. The molecule has 0 spiro atoms. The minimum absolute atomic E-state index is 0.250. The van der Waals surface area contributed by atoms with Crippen LogP contribution in [-0.4, -0.2) is 36.2 Å². The smallest absolute Gasteiger partial charge is 0.341 e. The van der Waals surface area contributed by atoms with Crippen LogP contribution in [0, 0.1) is 11.8 Å². The predicted octanol–water partition coefficient (Wildman–Crippen LogP) is 4.09. The van der Waals surface area contributed by atoms with Crippen LogP contribution in [0.2, 0.25) is 0 Å². The van der Waals surface area contributed by atoms with Crippen molar-refractivity contribution in [3.63, 3.8) is 0 Å². The second-order valence-electron chi connectivity index (χ2n) is 7.19. The lowest BCUT2D eigenvalue weighted by molar-refractivity contribution is 0.0601. The van der Waals surface area contributed by atoms with E-state index in [1.54, 1.807) is 11.3 Å². The van der Waals surface area contributed by atoms with Crippen molar-refractivity contribution in [1.82, 2.24) is 4.90 Å². The number of aryl methyl sites for hydroxylation is 1. The van der Waals surface area contributed by atoms with Crippen LogP contribution in [0.15, 0.2) is 0 Å². The van der Waals surface area contributed by atoms with Gasteiger partial charge in [0, 0.05) is 18.0 Å². The molecule has 0 unspecified atom stereocenters. The van der Waals surface area contributed by atoms with Crippen molar-refractivity contribution in [1.29, 1.82) is 0 Å². The molecular weight excluding hydrogens is 340 g/mol. The summed E-state index contributed by atoms with van der Waals surface area (Å²) in [5, 5.41) is 4.97. The van der Waals surface area contributed by atoms with Crippen molar-refractivity contribution < 1.29 is 9.53 Å². The van der Waals surface area contributed by atoms with E-state index in [0.29, 0.717) is 17.4 Å². The molecule has 1 aliphatic carbocycles. The summed E-state index contributed by atoms with van der Waals surface area (Å²) in [5.74, 6) is 1.04. The Hall–Kier alpha value is -1.14. The minimum atomic E-state index is -0.250. The standard InChI is InChI=1S/C18H26N2O2S2/c1-11-8-12(2)10-20(9-11)18(23)19-16-15(17(21)22-3)13-6-4-5-7-14(13)24-16/h11-12H,4-10H2,1-3H3,(H,19,23)/t11-,12-/m0/s1. The number of carbonyl (C=O) groups is 1. The molecule has 1 aromatic rings. The summed E-state index contributed by atoms with van der Waals surface area (Å²) in [7, 11) is 1.45. The summed E-state index contributed by atoms with van der Waals surface area (Å²) < 4.78 is 5.03. The van der Waals surface area contributed by atoms with Gasteiger partial charge in [0.25, 0.3) is 0 Å². The predicted molar refractivity (Wildman–Crippen MR) is 103 cm³/mol. The molecule has 4 nitrogen and oxygen atoms in total. The number of nitrogens with zero attached hydrogens (tertiary/aromatic N) is 1. The lowest BCUT2D eigenvalue weighted by Crippen LogP contribution is -2.44. The number of ether oxygens (including phenoxy) is 1. The van der Waals surface area contributed by atoms with Crippen molar-refractivity contribution in [3.8, 4) is 0 Å². The van der Waals surface area contributed by atoms with Crippen LogP contribution in [0.25, 0.3) is 0 Å². The van der Waals surface area contributed by atoms with Gasteiger partial charge < -0.3 is 15.0 Å². The Balaban J connectivity index is 1.82. The number of rotatable bonds is 2. The van der Waals surface area contributed by atoms with Gasteiger partial charge in [-0.2, -0.15) is 0 Å². The first kappa shape index (κ1) is 17.7. The van der Waals surface area contributed by atoms with E-state index in [0.717, 1.165) is 42.5 Å². The Morgan fingerprint density at radius 1 is 1.25 bits per heavy atom. The summed E-state index contributed by atoms with van der Waals surface area (Å²) in [4.78, 5) is 15.9. The second kappa shape index (κ2) is 7.40. The van der Waals surface area contributed by atoms with Crippen LogP contribution in [0.5, 0.6) is 0 Å². The van der Waals surface area contributed by atoms with Gasteiger partial charge >= 0.3 is 5.97 Å². The van der Waals surface area contributed by atoms with Crippen molar-refractivity contribution in [2.45, 2.75) is 46.0 Å². The van der Waals surface area contributed by atoms with E-state index < -0.39 is 0 Å². The Labute approximate surface area is 153 Å². The zero-order valence-electron chi connectivity index (χ0n) is 14.7. The van der Waals surface area contributed by atoms with Gasteiger partial charge in [-0.05, 0) is 61.7 Å². The molecule has 2 atom stereocenters. The summed E-state index contributed by atoms with van der Waals surface area (Å²) >= 11 is 7.33. The summed E-state index contributed by atoms with van der Waals surface area (Å²) in [5.41, 5.74) is 1.88. The van der Waals surface area contributed by atoms with Crippen molar-refractivity contribution in [2.75, 3.05) is 25.5 Å². The van der Waals surface area contributed by atoms with E-state index in [1.807, 2.05) is 0 Å². The molecule has 3 rings (SSSR count). The maximum absolute atomic E-state index is 12.3. The molecule has 0 bridgehead atoms. The average Bonchev–Trinajstić information content (AvgIpc) is 2.91. The van der Waals surface area contributed by atoms with Gasteiger partial charge in [0.05, 0.1) is 12.7 Å². The first-order chi connectivity index (χ1) is 11.5. The number of likely N-dealkylation sites (tertiary alicyclic amines) is 1. The molecule has 2 heterocycles. The highest BCUT2D eigenvalue weighted by molar-refractivity contribution is 7.80. The number of carbonyl (C=O) groups excluding carboxylic acids is 1. The molecule has 1 aliphatic heterocycles. The van der Waals surface area contributed by atoms with Crippen LogP contribution < -0.4 is 5.32 Å². The molecule has 0 aromatic carbocycles. The molecule has 1 aromatic heterocycles. The van der Waals surface area contributed by atoms with E-state index in [1.165, 1.54) is 30.4 Å². The van der Waals surface area contributed by atoms with Gasteiger partial charge in [0.2, 0.25) is 0 Å². The molecule has 0 saturated carbocycles. The fourth-order valence-electron chi connectivity index (χ4n) is 3.98. The maximum atomic E-state index is 12.3. The maximum Gasteiger partial charge on any atom is 0.341 e. The molecule has 6 heteroatoms. The summed E-state index contributed by atoms with van der Waals surface area (Å²) in [6.07, 6.45) is 5.59. The quantitative estimate of drug-likeness (QED) is 0.631. The van der Waals surface area contributed by atoms with Crippen LogP contribution in [0.1, 0.15) is 53.9 Å². The first-order valence-corrected chi connectivity index (χ1v) is 10.0. The highest BCUT2D eigenvalue weighted by Crippen LogP contribution is 2.38. The topological polar surface area (TPSA) is 41.6 Å². The lowest BCUT2D eigenvalue weighted by atomic mass is 9.92. The van der Waals surface area contributed by atoms with Gasteiger partial charge in [0.1, 0.15) is 5.00 Å². The van der Waals surface area contributed by atoms with E-state index >= 15 is 0 Å². The molecule has 1 fully saturated rings. The van der Waals surface area contributed by atoms with E-state index in [-0.39, 0.29) is 5.97 Å². The zero-order valence-corrected chi connectivity index (χ0v) is 16.3. The number of hydrogen-bond donors (Lipinski definition) is 1. The fraction of sp³-hybridized carbons (Fsp3) is 0.667. The fourth-order valence-corrected chi connectivity index (χ4v) is 5.57. The van der Waals surface area contributed by atoms with Gasteiger partial charge in [-0.3, -0.25) is 0 Å². The molecule has 0 radical (unpaired) electrons. The Bertz CT molecular complexity index is 631. The number of hydrogen-bond acceptors (Lipinski definition) is 4. The molecule has 0 amide bonds. The van der Waals surface area contributed by atoms with E-state index in [2.05, 4.69) is 24.1 Å². The molecule has 2 aliphatic rings. The SMILES string of the molecule is COC(=O)c1c(NC(=S)N2C[C@@H](C)C[C@H](C)C2)sc2c1CCCC2. The summed E-state index contributed by atoms with van der Waals surface area (Å²) in [6.45, 7) is 6.51. The lowest BCUT2D eigenvalue weighted by Gasteiger charge is -2.36. The van der Waals surface area contributed by atoms with Crippen LogP contribution in [-0.2, 0) is 17.6 Å². The molecule has 1 N–H and O–H groups in total. The van der Waals surface area contributed by atoms with Crippen molar-refractivity contribution in [3.05, 3.63) is 16.0 Å². The van der Waals surface area contributed by atoms with Crippen LogP contribution in [0.4, 0.5) is 5.00 Å². The number of piperidine rings is 1. The number of thiophene rings is 1. The normalized spacial score (nSPS) is 23.5. The second-order valence-corrected chi connectivity index (χ2v) is 8.68. The van der Waals surface area contributed by atoms with Crippen LogP contribution >= 0.6 is 23.6 Å². The number of nitrogens with one attached hydrogen (secondary N) is 1. The Kier molecular flexibility index (Phi) is 5.45. The number of esters is 1. The van der Waals surface area contributed by atoms with Gasteiger partial charge in [-0.1, -0.05) is 13.8 Å². The van der Waals surface area contributed by atoms with Crippen molar-refractivity contribution in [2.24, 2.45) is 11.8 Å². The third-order valence-corrected chi connectivity index (χ3v) is 6.50. The van der Waals surface area contributed by atoms with Crippen molar-refractivity contribution >= 4 is 39.6 Å². The van der Waals surface area contributed by atoms with Gasteiger partial charge in [0.15, 0.2) is 5.11 Å². The third kappa shape index (κ3) is 3.59. The number of thiocarbonyl (C=S) groups is 1.